The lowest BCUT2D eigenvalue weighted by Crippen LogP contribution is -2.13. The topological polar surface area (TPSA) is 103 Å². The van der Waals surface area contributed by atoms with Crippen LogP contribution in [0.2, 0.25) is 0 Å². The Morgan fingerprint density at radius 3 is 2.93 bits per heavy atom. The zero-order chi connectivity index (χ0) is 19.8. The van der Waals surface area contributed by atoms with Crippen LogP contribution < -0.4 is 5.32 Å². The lowest BCUT2D eigenvalue weighted by molar-refractivity contribution is 0.0528. The van der Waals surface area contributed by atoms with Crippen LogP contribution in [0.5, 0.6) is 0 Å². The number of rotatable bonds is 4. The van der Waals surface area contributed by atoms with E-state index in [4.69, 9.17) is 9.15 Å². The number of esters is 1. The first kappa shape index (κ1) is 18.0. The van der Waals surface area contributed by atoms with Gasteiger partial charge in [0.2, 0.25) is 0 Å². The predicted molar refractivity (Wildman–Crippen MR) is 99.8 cm³/mol. The van der Waals surface area contributed by atoms with Gasteiger partial charge in [0.1, 0.15) is 11.3 Å². The average molecular weight is 381 g/mol. The van der Waals surface area contributed by atoms with Gasteiger partial charge in [-0.3, -0.25) is 9.59 Å². The number of fused-ring (bicyclic) bond motifs is 2. The van der Waals surface area contributed by atoms with Gasteiger partial charge in [0.15, 0.2) is 11.5 Å². The number of carbonyl (C=O) groups is 3. The monoisotopic (exact) mass is 381 g/mol. The Morgan fingerprint density at radius 1 is 1.36 bits per heavy atom. The predicted octanol–water partition coefficient (Wildman–Crippen LogP) is 3.18. The van der Waals surface area contributed by atoms with Crippen molar-refractivity contribution < 1.29 is 23.5 Å². The molecule has 0 saturated carbocycles. The second kappa shape index (κ2) is 6.95. The number of ketones is 1. The second-order valence-electron chi connectivity index (χ2n) is 6.61. The summed E-state index contributed by atoms with van der Waals surface area (Å²) in [5.41, 5.74) is 2.40. The summed E-state index contributed by atoms with van der Waals surface area (Å²) >= 11 is 0. The molecule has 144 valence electrons. The fourth-order valence-corrected chi connectivity index (χ4v) is 3.48. The first-order valence-electron chi connectivity index (χ1n) is 9.11. The Kier molecular flexibility index (Phi) is 4.46. The average Bonchev–Trinajstić information content (AvgIpc) is 3.24. The van der Waals surface area contributed by atoms with Gasteiger partial charge >= 0.3 is 5.97 Å². The van der Waals surface area contributed by atoms with Crippen molar-refractivity contribution in [2.24, 2.45) is 0 Å². The van der Waals surface area contributed by atoms with Gasteiger partial charge in [-0.15, -0.1) is 0 Å². The number of nitrogens with one attached hydrogen (secondary N) is 1. The molecule has 3 aromatic rings. The van der Waals surface area contributed by atoms with Gasteiger partial charge < -0.3 is 14.5 Å². The summed E-state index contributed by atoms with van der Waals surface area (Å²) < 4.78 is 12.2. The van der Waals surface area contributed by atoms with Gasteiger partial charge in [0.25, 0.3) is 5.91 Å². The molecule has 1 N–H and O–H groups in total. The maximum Gasteiger partial charge on any atom is 0.341 e. The van der Waals surface area contributed by atoms with Gasteiger partial charge in [0, 0.05) is 30.3 Å². The molecule has 1 aliphatic rings. The van der Waals surface area contributed by atoms with Gasteiger partial charge in [0.05, 0.1) is 23.9 Å². The van der Waals surface area contributed by atoms with E-state index in [2.05, 4.69) is 10.4 Å². The summed E-state index contributed by atoms with van der Waals surface area (Å²) in [6, 6.07) is 3.30. The zero-order valence-corrected chi connectivity index (χ0v) is 15.6. The number of hydrogen-bond acceptors (Lipinski definition) is 6. The van der Waals surface area contributed by atoms with Crippen LogP contribution in [0, 0.1) is 6.92 Å². The Hall–Kier alpha value is -3.42. The van der Waals surface area contributed by atoms with Crippen molar-refractivity contribution in [2.45, 2.75) is 33.1 Å². The number of nitrogens with zero attached hydrogens (tertiary/aromatic N) is 2. The van der Waals surface area contributed by atoms with Crippen LogP contribution >= 0.6 is 0 Å². The molecule has 28 heavy (non-hydrogen) atoms. The van der Waals surface area contributed by atoms with Crippen molar-refractivity contribution in [3.8, 4) is 0 Å². The number of aryl methyl sites for hydroxylation is 1. The van der Waals surface area contributed by atoms with Gasteiger partial charge in [-0.1, -0.05) is 0 Å². The third-order valence-corrected chi connectivity index (χ3v) is 4.79. The van der Waals surface area contributed by atoms with E-state index in [1.807, 2.05) is 0 Å². The molecule has 0 aliphatic heterocycles. The normalized spacial score (nSPS) is 13.4. The Balaban J connectivity index is 1.63. The molecule has 0 bridgehead atoms. The molecular formula is C20H19N3O5. The molecule has 0 radical (unpaired) electrons. The summed E-state index contributed by atoms with van der Waals surface area (Å²) in [4.78, 5) is 36.9. The number of anilines is 1. The molecule has 0 unspecified atom stereocenters. The Labute approximate surface area is 160 Å². The molecule has 4 rings (SSSR count). The van der Waals surface area contributed by atoms with Gasteiger partial charge in [-0.25, -0.2) is 9.31 Å². The van der Waals surface area contributed by atoms with Crippen molar-refractivity contribution in [1.29, 1.82) is 0 Å². The van der Waals surface area contributed by atoms with Crippen LogP contribution in [0.25, 0.3) is 5.52 Å². The zero-order valence-electron chi connectivity index (χ0n) is 15.6. The SMILES string of the molecule is CCOC(=O)c1cnn2ccc(NC(=O)c3oc4c(c3C)C(=O)CCC4)cc12. The van der Waals surface area contributed by atoms with Crippen LogP contribution in [-0.2, 0) is 11.2 Å². The van der Waals surface area contributed by atoms with E-state index < -0.39 is 11.9 Å². The molecule has 8 heteroatoms. The van der Waals surface area contributed by atoms with Crippen LogP contribution in [0.4, 0.5) is 5.69 Å². The molecular weight excluding hydrogens is 362 g/mol. The summed E-state index contributed by atoms with van der Waals surface area (Å²) in [7, 11) is 0. The van der Waals surface area contributed by atoms with Crippen molar-refractivity contribution in [1.82, 2.24) is 9.61 Å². The fraction of sp³-hybridized carbons (Fsp3) is 0.300. The highest BCUT2D eigenvalue weighted by Crippen LogP contribution is 2.30. The minimum absolute atomic E-state index is 0.0151. The van der Waals surface area contributed by atoms with E-state index in [1.165, 1.54) is 10.7 Å². The number of amides is 1. The Morgan fingerprint density at radius 2 is 2.18 bits per heavy atom. The molecule has 0 spiro atoms. The number of pyridine rings is 1. The standard InChI is InChI=1S/C20H19N3O5/c1-3-27-20(26)13-10-21-23-8-7-12(9-14(13)23)22-19(25)18-11(2)17-15(24)5-4-6-16(17)28-18/h7-10H,3-6H2,1-2H3,(H,22,25). The number of Topliss-reactive ketones (excluding diaryl/α,β-unsaturated/α-hetero) is 1. The van der Waals surface area contributed by atoms with E-state index in [0.29, 0.717) is 46.5 Å². The molecule has 8 nitrogen and oxygen atoms in total. The largest absolute Gasteiger partial charge is 0.462 e. The quantitative estimate of drug-likeness (QED) is 0.696. The molecule has 0 atom stereocenters. The van der Waals surface area contributed by atoms with E-state index in [-0.39, 0.29) is 18.2 Å². The van der Waals surface area contributed by atoms with Crippen molar-refractivity contribution in [3.63, 3.8) is 0 Å². The minimum atomic E-state index is -0.478. The fourth-order valence-electron chi connectivity index (χ4n) is 3.48. The van der Waals surface area contributed by atoms with Crippen LogP contribution in [0.3, 0.4) is 0 Å². The van der Waals surface area contributed by atoms with Crippen LogP contribution in [-0.4, -0.2) is 33.9 Å². The summed E-state index contributed by atoms with van der Waals surface area (Å²) in [5.74, 6) is -0.189. The molecule has 0 aromatic carbocycles. The first-order chi connectivity index (χ1) is 13.5. The number of hydrogen-bond donors (Lipinski definition) is 1. The highest BCUT2D eigenvalue weighted by atomic mass is 16.5. The van der Waals surface area contributed by atoms with Crippen molar-refractivity contribution in [2.75, 3.05) is 11.9 Å². The molecule has 1 aliphatic carbocycles. The highest BCUT2D eigenvalue weighted by molar-refractivity contribution is 6.08. The lowest BCUT2D eigenvalue weighted by atomic mass is 9.94. The maximum absolute atomic E-state index is 12.7. The summed E-state index contributed by atoms with van der Waals surface area (Å²) in [5, 5.41) is 6.88. The third-order valence-electron chi connectivity index (χ3n) is 4.79. The Bertz CT molecular complexity index is 1110. The van der Waals surface area contributed by atoms with E-state index in [1.54, 1.807) is 32.2 Å². The van der Waals surface area contributed by atoms with E-state index >= 15 is 0 Å². The maximum atomic E-state index is 12.7. The highest BCUT2D eigenvalue weighted by Gasteiger charge is 2.29. The number of ether oxygens (including phenoxy) is 1. The van der Waals surface area contributed by atoms with Crippen molar-refractivity contribution in [3.05, 3.63) is 52.7 Å². The minimum Gasteiger partial charge on any atom is -0.462 e. The second-order valence-corrected chi connectivity index (χ2v) is 6.61. The number of furan rings is 1. The number of carbonyl (C=O) groups excluding carboxylic acids is 3. The molecule has 0 fully saturated rings. The van der Waals surface area contributed by atoms with Crippen molar-refractivity contribution >= 4 is 28.9 Å². The van der Waals surface area contributed by atoms with Crippen LogP contribution in [0.15, 0.2) is 28.9 Å². The van der Waals surface area contributed by atoms with Gasteiger partial charge in [-0.2, -0.15) is 5.10 Å². The smallest absolute Gasteiger partial charge is 0.341 e. The number of aromatic nitrogens is 2. The van der Waals surface area contributed by atoms with E-state index in [9.17, 15) is 14.4 Å². The molecule has 1 amide bonds. The molecule has 0 saturated heterocycles. The van der Waals surface area contributed by atoms with Gasteiger partial charge in [-0.05, 0) is 32.4 Å². The first-order valence-corrected chi connectivity index (χ1v) is 9.11. The lowest BCUT2D eigenvalue weighted by Gasteiger charge is -2.07. The molecule has 3 heterocycles. The summed E-state index contributed by atoms with van der Waals surface area (Å²) in [6.45, 7) is 3.71. The third kappa shape index (κ3) is 2.96. The summed E-state index contributed by atoms with van der Waals surface area (Å²) in [6.07, 6.45) is 4.92. The van der Waals surface area contributed by atoms with Crippen LogP contribution in [0.1, 0.15) is 62.4 Å². The van der Waals surface area contributed by atoms with E-state index in [0.717, 1.165) is 6.42 Å². The molecule has 3 aromatic heterocycles.